The molecule has 2 aromatic heterocycles. The van der Waals surface area contributed by atoms with E-state index in [2.05, 4.69) is 15.3 Å². The Morgan fingerprint density at radius 2 is 2.31 bits per heavy atom. The lowest BCUT2D eigenvalue weighted by atomic mass is 10.3. The smallest absolute Gasteiger partial charge is 0.131 e. The summed E-state index contributed by atoms with van der Waals surface area (Å²) < 4.78 is 3.71. The average Bonchev–Trinajstić information content (AvgIpc) is 2.71. The molecule has 0 saturated carbocycles. The van der Waals surface area contributed by atoms with Crippen LogP contribution in [0, 0.1) is 0 Å². The molecule has 0 atom stereocenters. The van der Waals surface area contributed by atoms with Gasteiger partial charge >= 0.3 is 0 Å². The number of nitrogens with zero attached hydrogens (tertiary/aromatic N) is 5. The lowest BCUT2D eigenvalue weighted by Gasteiger charge is -1.94. The van der Waals surface area contributed by atoms with Crippen molar-refractivity contribution < 1.29 is 0 Å². The van der Waals surface area contributed by atoms with Gasteiger partial charge in [-0.05, 0) is 6.92 Å². The zero-order chi connectivity index (χ0) is 9.26. The summed E-state index contributed by atoms with van der Waals surface area (Å²) in [4.78, 5) is 4.02. The molecule has 2 aromatic rings. The normalized spacial score (nSPS) is 10.6. The third kappa shape index (κ3) is 1.32. The van der Waals surface area contributed by atoms with Crippen molar-refractivity contribution in [2.24, 2.45) is 7.05 Å². The van der Waals surface area contributed by atoms with Gasteiger partial charge in [0.1, 0.15) is 5.69 Å². The lowest BCUT2D eigenvalue weighted by Crippen LogP contribution is -1.93. The fourth-order valence-corrected chi connectivity index (χ4v) is 1.17. The van der Waals surface area contributed by atoms with Crippen LogP contribution in [0.3, 0.4) is 0 Å². The second-order valence-corrected chi connectivity index (χ2v) is 2.85. The first-order valence-corrected chi connectivity index (χ1v) is 4.18. The second-order valence-electron chi connectivity index (χ2n) is 2.85. The maximum Gasteiger partial charge on any atom is 0.131 e. The fourth-order valence-electron chi connectivity index (χ4n) is 1.17. The van der Waals surface area contributed by atoms with E-state index in [4.69, 9.17) is 0 Å². The molecule has 0 unspecified atom stereocenters. The summed E-state index contributed by atoms with van der Waals surface area (Å²) in [6, 6.07) is 0. The Balaban J connectivity index is 2.41. The Morgan fingerprint density at radius 1 is 1.46 bits per heavy atom. The molecule has 0 aliphatic rings. The molecule has 0 bridgehead atoms. The van der Waals surface area contributed by atoms with Crippen LogP contribution in [0.5, 0.6) is 0 Å². The van der Waals surface area contributed by atoms with Crippen LogP contribution < -0.4 is 0 Å². The SMILES string of the molecule is CCn1cc(-c2cncn2C)nn1. The Morgan fingerprint density at radius 3 is 2.85 bits per heavy atom. The predicted molar refractivity (Wildman–Crippen MR) is 47.9 cm³/mol. The molecule has 0 amide bonds. The largest absolute Gasteiger partial charge is 0.332 e. The molecule has 5 heteroatoms. The molecule has 13 heavy (non-hydrogen) atoms. The van der Waals surface area contributed by atoms with Crippen molar-refractivity contribution in [3.05, 3.63) is 18.7 Å². The van der Waals surface area contributed by atoms with Gasteiger partial charge in [0.2, 0.25) is 0 Å². The van der Waals surface area contributed by atoms with E-state index in [1.54, 1.807) is 17.2 Å². The minimum Gasteiger partial charge on any atom is -0.332 e. The van der Waals surface area contributed by atoms with Crippen molar-refractivity contribution in [2.75, 3.05) is 0 Å². The Labute approximate surface area is 76.0 Å². The third-order valence-electron chi connectivity index (χ3n) is 1.94. The van der Waals surface area contributed by atoms with Crippen molar-refractivity contribution in [3.8, 4) is 11.4 Å². The summed E-state index contributed by atoms with van der Waals surface area (Å²) in [6.45, 7) is 2.87. The maximum absolute atomic E-state index is 4.04. The van der Waals surface area contributed by atoms with Crippen LogP contribution in [0.1, 0.15) is 6.92 Å². The van der Waals surface area contributed by atoms with E-state index in [9.17, 15) is 0 Å². The van der Waals surface area contributed by atoms with Gasteiger partial charge in [-0.2, -0.15) is 0 Å². The molecule has 2 heterocycles. The van der Waals surface area contributed by atoms with Crippen molar-refractivity contribution in [2.45, 2.75) is 13.5 Å². The summed E-state index contributed by atoms with van der Waals surface area (Å²) in [5, 5.41) is 8.00. The first kappa shape index (κ1) is 7.97. The van der Waals surface area contributed by atoms with Crippen LogP contribution in [-0.4, -0.2) is 24.5 Å². The minimum atomic E-state index is 0.838. The van der Waals surface area contributed by atoms with E-state index in [-0.39, 0.29) is 0 Å². The van der Waals surface area contributed by atoms with E-state index in [1.165, 1.54) is 0 Å². The van der Waals surface area contributed by atoms with E-state index in [0.29, 0.717) is 0 Å². The van der Waals surface area contributed by atoms with Gasteiger partial charge < -0.3 is 4.57 Å². The molecule has 0 aromatic carbocycles. The molecular weight excluding hydrogens is 166 g/mol. The molecule has 0 aliphatic heterocycles. The van der Waals surface area contributed by atoms with E-state index < -0.39 is 0 Å². The highest BCUT2D eigenvalue weighted by Gasteiger charge is 2.05. The van der Waals surface area contributed by atoms with E-state index in [1.807, 2.05) is 24.7 Å². The molecular formula is C8H11N5. The van der Waals surface area contributed by atoms with E-state index >= 15 is 0 Å². The van der Waals surface area contributed by atoms with Gasteiger partial charge in [0, 0.05) is 13.6 Å². The number of hydrogen-bond donors (Lipinski definition) is 0. The van der Waals surface area contributed by atoms with Gasteiger partial charge in [-0.3, -0.25) is 4.68 Å². The average molecular weight is 177 g/mol. The van der Waals surface area contributed by atoms with Gasteiger partial charge in [-0.25, -0.2) is 4.98 Å². The van der Waals surface area contributed by atoms with Gasteiger partial charge in [-0.15, -0.1) is 5.10 Å². The molecule has 5 nitrogen and oxygen atoms in total. The zero-order valence-corrected chi connectivity index (χ0v) is 7.68. The molecule has 0 saturated heterocycles. The molecule has 0 fully saturated rings. The third-order valence-corrected chi connectivity index (χ3v) is 1.94. The van der Waals surface area contributed by atoms with Gasteiger partial charge in [-0.1, -0.05) is 5.21 Å². The van der Waals surface area contributed by atoms with Gasteiger partial charge in [0.25, 0.3) is 0 Å². The monoisotopic (exact) mass is 177 g/mol. The Hall–Kier alpha value is -1.65. The number of aryl methyl sites for hydroxylation is 2. The van der Waals surface area contributed by atoms with Crippen molar-refractivity contribution in [1.82, 2.24) is 24.5 Å². The highest BCUT2D eigenvalue weighted by Crippen LogP contribution is 2.13. The molecule has 68 valence electrons. The number of aromatic nitrogens is 5. The van der Waals surface area contributed by atoms with Crippen molar-refractivity contribution in [1.29, 1.82) is 0 Å². The van der Waals surface area contributed by atoms with Crippen LogP contribution >= 0.6 is 0 Å². The van der Waals surface area contributed by atoms with Crippen LogP contribution in [0.25, 0.3) is 11.4 Å². The quantitative estimate of drug-likeness (QED) is 0.678. The summed E-state index contributed by atoms with van der Waals surface area (Å²) in [6.07, 6.45) is 5.45. The van der Waals surface area contributed by atoms with Crippen molar-refractivity contribution in [3.63, 3.8) is 0 Å². The maximum atomic E-state index is 4.04. The van der Waals surface area contributed by atoms with Gasteiger partial charge in [0.05, 0.1) is 24.4 Å². The van der Waals surface area contributed by atoms with Gasteiger partial charge in [0.15, 0.2) is 0 Å². The number of imidazole rings is 1. The second kappa shape index (κ2) is 3.01. The standard InChI is InChI=1S/C8H11N5/c1-3-13-5-7(10-11-13)8-4-9-6-12(8)2/h4-6H,3H2,1-2H3. The first-order chi connectivity index (χ1) is 6.31. The predicted octanol–water partition coefficient (Wildman–Crippen LogP) is 0.698. The van der Waals surface area contributed by atoms with Crippen LogP contribution in [0.15, 0.2) is 18.7 Å². The molecule has 0 aliphatic carbocycles. The lowest BCUT2D eigenvalue weighted by molar-refractivity contribution is 0.627. The first-order valence-electron chi connectivity index (χ1n) is 4.18. The molecule has 0 spiro atoms. The summed E-state index contributed by atoms with van der Waals surface area (Å²) in [5.74, 6) is 0. The molecule has 0 N–H and O–H groups in total. The molecule has 2 rings (SSSR count). The summed E-state index contributed by atoms with van der Waals surface area (Å²) in [7, 11) is 1.94. The zero-order valence-electron chi connectivity index (χ0n) is 7.68. The summed E-state index contributed by atoms with van der Waals surface area (Å²) >= 11 is 0. The summed E-state index contributed by atoms with van der Waals surface area (Å²) in [5.41, 5.74) is 1.85. The number of rotatable bonds is 2. The molecule has 0 radical (unpaired) electrons. The van der Waals surface area contributed by atoms with Crippen LogP contribution in [-0.2, 0) is 13.6 Å². The van der Waals surface area contributed by atoms with Crippen LogP contribution in [0.2, 0.25) is 0 Å². The minimum absolute atomic E-state index is 0.838. The Kier molecular flexibility index (Phi) is 1.84. The highest BCUT2D eigenvalue weighted by atomic mass is 15.4. The highest BCUT2D eigenvalue weighted by molar-refractivity contribution is 5.51. The number of hydrogen-bond acceptors (Lipinski definition) is 3. The topological polar surface area (TPSA) is 48.5 Å². The van der Waals surface area contributed by atoms with Crippen molar-refractivity contribution >= 4 is 0 Å². The fraction of sp³-hybridized carbons (Fsp3) is 0.375. The van der Waals surface area contributed by atoms with Crippen LogP contribution in [0.4, 0.5) is 0 Å². The Bertz CT molecular complexity index is 400. The van der Waals surface area contributed by atoms with E-state index in [0.717, 1.165) is 17.9 Å².